The van der Waals surface area contributed by atoms with Crippen LogP contribution in [-0.4, -0.2) is 52.3 Å². The predicted molar refractivity (Wildman–Crippen MR) is 76.2 cm³/mol. The molecule has 0 saturated heterocycles. The van der Waals surface area contributed by atoms with Gasteiger partial charge in [0.2, 0.25) is 0 Å². The van der Waals surface area contributed by atoms with E-state index in [2.05, 4.69) is 4.98 Å². The van der Waals surface area contributed by atoms with Gasteiger partial charge in [-0.15, -0.1) is 0 Å². The van der Waals surface area contributed by atoms with E-state index in [1.165, 1.54) is 11.0 Å². The molecule has 0 atom stereocenters. The molecule has 0 radical (unpaired) electrons. The largest absolute Gasteiger partial charge is 0.398 e. The van der Waals surface area contributed by atoms with Gasteiger partial charge in [0.05, 0.1) is 18.7 Å². The molecule has 0 aliphatic heterocycles. The van der Waals surface area contributed by atoms with E-state index in [1.807, 2.05) is 18.2 Å². The third-order valence-electron chi connectivity index (χ3n) is 2.99. The van der Waals surface area contributed by atoms with Gasteiger partial charge in [-0.3, -0.25) is 4.79 Å². The molecule has 0 bridgehead atoms. The van der Waals surface area contributed by atoms with Crippen molar-refractivity contribution < 1.29 is 15.0 Å². The number of hydrogen-bond donors (Lipinski definition) is 3. The van der Waals surface area contributed by atoms with E-state index < -0.39 is 0 Å². The summed E-state index contributed by atoms with van der Waals surface area (Å²) < 4.78 is 0. The van der Waals surface area contributed by atoms with Crippen molar-refractivity contribution in [2.45, 2.75) is 0 Å². The van der Waals surface area contributed by atoms with Gasteiger partial charge in [0.1, 0.15) is 5.69 Å². The highest BCUT2D eigenvalue weighted by Gasteiger charge is 2.17. The number of nitrogen functional groups attached to an aromatic ring is 1. The number of aromatic nitrogens is 1. The molecule has 0 aliphatic rings. The average molecular weight is 275 g/mol. The summed E-state index contributed by atoms with van der Waals surface area (Å²) >= 11 is 0. The van der Waals surface area contributed by atoms with Crippen molar-refractivity contribution in [3.05, 3.63) is 36.0 Å². The molecule has 1 aromatic heterocycles. The number of nitrogens with two attached hydrogens (primary N) is 1. The fourth-order valence-corrected chi connectivity index (χ4v) is 2.03. The van der Waals surface area contributed by atoms with Crippen molar-refractivity contribution in [2.75, 3.05) is 32.0 Å². The van der Waals surface area contributed by atoms with Crippen LogP contribution < -0.4 is 5.73 Å². The van der Waals surface area contributed by atoms with E-state index in [0.29, 0.717) is 11.2 Å². The zero-order valence-electron chi connectivity index (χ0n) is 11.0. The van der Waals surface area contributed by atoms with Crippen molar-refractivity contribution in [3.8, 4) is 0 Å². The van der Waals surface area contributed by atoms with Gasteiger partial charge in [0.15, 0.2) is 0 Å². The summed E-state index contributed by atoms with van der Waals surface area (Å²) in [5.41, 5.74) is 7.27. The van der Waals surface area contributed by atoms with Gasteiger partial charge in [-0.05, 0) is 12.1 Å². The number of hydrogen-bond acceptors (Lipinski definition) is 5. The minimum atomic E-state index is -0.356. The van der Waals surface area contributed by atoms with Crippen molar-refractivity contribution >= 4 is 22.5 Å². The second kappa shape index (κ2) is 6.31. The molecule has 0 aliphatic carbocycles. The number of pyridine rings is 1. The maximum atomic E-state index is 12.3. The first-order chi connectivity index (χ1) is 9.67. The molecule has 0 fully saturated rings. The SMILES string of the molecule is Nc1cc(C(=O)N(CCO)CCO)nc2ccccc12. The van der Waals surface area contributed by atoms with Crippen molar-refractivity contribution in [2.24, 2.45) is 0 Å². The molecule has 2 rings (SSSR count). The van der Waals surface area contributed by atoms with Crippen molar-refractivity contribution in [1.29, 1.82) is 0 Å². The lowest BCUT2D eigenvalue weighted by Crippen LogP contribution is -2.36. The highest BCUT2D eigenvalue weighted by molar-refractivity contribution is 5.99. The zero-order valence-corrected chi connectivity index (χ0v) is 11.0. The summed E-state index contributed by atoms with van der Waals surface area (Å²) in [7, 11) is 0. The van der Waals surface area contributed by atoms with Gasteiger partial charge in [-0.1, -0.05) is 18.2 Å². The molecular formula is C14H17N3O3. The van der Waals surface area contributed by atoms with Crippen LogP contribution in [0.1, 0.15) is 10.5 Å². The Kier molecular flexibility index (Phi) is 4.49. The Morgan fingerprint density at radius 2 is 1.85 bits per heavy atom. The molecule has 1 heterocycles. The van der Waals surface area contributed by atoms with Crippen molar-refractivity contribution in [1.82, 2.24) is 9.88 Å². The lowest BCUT2D eigenvalue weighted by Gasteiger charge is -2.20. The minimum absolute atomic E-state index is 0.147. The molecule has 1 amide bonds. The molecule has 0 unspecified atom stereocenters. The van der Waals surface area contributed by atoms with Crippen LogP contribution in [0.25, 0.3) is 10.9 Å². The molecular weight excluding hydrogens is 258 g/mol. The number of nitrogens with zero attached hydrogens (tertiary/aromatic N) is 2. The molecule has 1 aromatic carbocycles. The summed E-state index contributed by atoms with van der Waals surface area (Å²) in [4.78, 5) is 17.9. The van der Waals surface area contributed by atoms with Crippen LogP contribution in [0.2, 0.25) is 0 Å². The third-order valence-corrected chi connectivity index (χ3v) is 2.99. The van der Waals surface area contributed by atoms with Crippen LogP contribution in [0.4, 0.5) is 5.69 Å². The Morgan fingerprint density at radius 1 is 1.20 bits per heavy atom. The number of para-hydroxylation sites is 1. The van der Waals surface area contributed by atoms with Gasteiger partial charge in [-0.25, -0.2) is 4.98 Å². The summed E-state index contributed by atoms with van der Waals surface area (Å²) in [6.07, 6.45) is 0. The Bertz CT molecular complexity index is 610. The normalized spacial score (nSPS) is 10.7. The summed E-state index contributed by atoms with van der Waals surface area (Å²) in [5, 5.41) is 18.7. The number of rotatable bonds is 5. The zero-order chi connectivity index (χ0) is 14.5. The molecule has 0 spiro atoms. The Hall–Kier alpha value is -2.18. The molecule has 106 valence electrons. The van der Waals surface area contributed by atoms with Crippen LogP contribution in [0.3, 0.4) is 0 Å². The van der Waals surface area contributed by atoms with E-state index in [0.717, 1.165) is 5.39 Å². The van der Waals surface area contributed by atoms with Crippen LogP contribution in [0.15, 0.2) is 30.3 Å². The van der Waals surface area contributed by atoms with Gasteiger partial charge >= 0.3 is 0 Å². The summed E-state index contributed by atoms with van der Waals surface area (Å²) in [6, 6.07) is 8.82. The molecule has 6 heteroatoms. The first-order valence-corrected chi connectivity index (χ1v) is 6.33. The standard InChI is InChI=1S/C14H17N3O3/c15-11-9-13(14(20)17(5-7-18)6-8-19)16-12-4-2-1-3-10(11)12/h1-4,9,18-19H,5-8H2,(H2,15,16). The number of benzene rings is 1. The topological polar surface area (TPSA) is 99.7 Å². The molecule has 20 heavy (non-hydrogen) atoms. The highest BCUT2D eigenvalue weighted by atomic mass is 16.3. The Labute approximate surface area is 116 Å². The maximum absolute atomic E-state index is 12.3. The lowest BCUT2D eigenvalue weighted by atomic mass is 10.1. The first-order valence-electron chi connectivity index (χ1n) is 6.33. The predicted octanol–water partition coefficient (Wildman–Crippen LogP) is 0.244. The maximum Gasteiger partial charge on any atom is 0.272 e. The van der Waals surface area contributed by atoms with Crippen LogP contribution >= 0.6 is 0 Å². The Morgan fingerprint density at radius 3 is 2.50 bits per heavy atom. The molecule has 0 saturated carbocycles. The molecule has 2 aromatic rings. The number of fused-ring (bicyclic) bond motifs is 1. The van der Waals surface area contributed by atoms with E-state index in [-0.39, 0.29) is 37.9 Å². The van der Waals surface area contributed by atoms with Crippen LogP contribution in [-0.2, 0) is 0 Å². The second-order valence-electron chi connectivity index (χ2n) is 4.35. The number of carbonyl (C=O) groups excluding carboxylic acids is 1. The number of aliphatic hydroxyl groups excluding tert-OH is 2. The van der Waals surface area contributed by atoms with E-state index in [1.54, 1.807) is 6.07 Å². The summed E-state index contributed by atoms with van der Waals surface area (Å²) in [6.45, 7) is -0.0504. The fourth-order valence-electron chi connectivity index (χ4n) is 2.03. The van der Waals surface area contributed by atoms with Gasteiger partial charge in [-0.2, -0.15) is 0 Å². The number of aliphatic hydroxyl groups is 2. The lowest BCUT2D eigenvalue weighted by molar-refractivity contribution is 0.0679. The average Bonchev–Trinajstić information content (AvgIpc) is 2.46. The Balaban J connectivity index is 2.38. The molecule has 6 nitrogen and oxygen atoms in total. The van der Waals surface area contributed by atoms with Gasteiger partial charge in [0.25, 0.3) is 5.91 Å². The number of amides is 1. The first kappa shape index (κ1) is 14.2. The molecule has 4 N–H and O–H groups in total. The van der Waals surface area contributed by atoms with Gasteiger partial charge in [0, 0.05) is 24.2 Å². The van der Waals surface area contributed by atoms with Gasteiger partial charge < -0.3 is 20.8 Å². The van der Waals surface area contributed by atoms with Crippen LogP contribution in [0, 0.1) is 0 Å². The second-order valence-corrected chi connectivity index (χ2v) is 4.35. The third kappa shape index (κ3) is 2.87. The fraction of sp³-hybridized carbons (Fsp3) is 0.286. The van der Waals surface area contributed by atoms with E-state index >= 15 is 0 Å². The quantitative estimate of drug-likeness (QED) is 0.726. The van der Waals surface area contributed by atoms with Crippen molar-refractivity contribution in [3.63, 3.8) is 0 Å². The highest BCUT2D eigenvalue weighted by Crippen LogP contribution is 2.20. The van der Waals surface area contributed by atoms with Crippen LogP contribution in [0.5, 0.6) is 0 Å². The van der Waals surface area contributed by atoms with E-state index in [4.69, 9.17) is 15.9 Å². The van der Waals surface area contributed by atoms with E-state index in [9.17, 15) is 4.79 Å². The number of carbonyl (C=O) groups is 1. The minimum Gasteiger partial charge on any atom is -0.398 e. The monoisotopic (exact) mass is 275 g/mol. The smallest absolute Gasteiger partial charge is 0.272 e. The summed E-state index contributed by atoms with van der Waals surface area (Å²) in [5.74, 6) is -0.356. The number of anilines is 1.